The Labute approximate surface area is 120 Å². The lowest BCUT2D eigenvalue weighted by molar-refractivity contribution is 0.652. The van der Waals surface area contributed by atoms with Crippen molar-refractivity contribution in [3.8, 4) is 11.1 Å². The maximum absolute atomic E-state index is 6.38. The second kappa shape index (κ2) is 5.77. The zero-order valence-corrected chi connectivity index (χ0v) is 12.7. The molecule has 0 saturated heterocycles. The maximum Gasteiger partial charge on any atom is 0.0459 e. The molecule has 2 aromatic carbocycles. The van der Waals surface area contributed by atoms with Crippen molar-refractivity contribution in [3.05, 3.63) is 58.1 Å². The van der Waals surface area contributed by atoms with Crippen LogP contribution in [0.4, 0.5) is 0 Å². The monoisotopic (exact) mass is 273 g/mol. The second-order valence-corrected chi connectivity index (χ2v) is 5.45. The van der Waals surface area contributed by atoms with E-state index in [2.05, 4.69) is 62.5 Å². The van der Waals surface area contributed by atoms with Crippen LogP contribution in [-0.2, 0) is 0 Å². The molecule has 1 N–H and O–H groups in total. The molecule has 1 atom stereocenters. The van der Waals surface area contributed by atoms with Gasteiger partial charge in [-0.15, -0.1) is 0 Å². The van der Waals surface area contributed by atoms with Gasteiger partial charge in [0, 0.05) is 11.1 Å². The average Bonchev–Trinajstić information content (AvgIpc) is 2.41. The first kappa shape index (κ1) is 14.1. The van der Waals surface area contributed by atoms with Crippen LogP contribution in [0.2, 0.25) is 5.02 Å². The first-order valence-electron chi connectivity index (χ1n) is 6.57. The fourth-order valence-electron chi connectivity index (χ4n) is 2.13. The molecule has 0 heterocycles. The Morgan fingerprint density at radius 2 is 1.58 bits per heavy atom. The van der Waals surface area contributed by atoms with E-state index in [0.29, 0.717) is 0 Å². The number of hydrogen-bond acceptors (Lipinski definition) is 1. The van der Waals surface area contributed by atoms with Gasteiger partial charge in [-0.2, -0.15) is 0 Å². The van der Waals surface area contributed by atoms with Gasteiger partial charge in [-0.25, -0.2) is 0 Å². The summed E-state index contributed by atoms with van der Waals surface area (Å²) in [6, 6.07) is 13.1. The topological polar surface area (TPSA) is 12.0 Å². The fourth-order valence-corrected chi connectivity index (χ4v) is 2.48. The Hall–Kier alpha value is -1.31. The van der Waals surface area contributed by atoms with Gasteiger partial charge in [0.2, 0.25) is 0 Å². The van der Waals surface area contributed by atoms with Crippen LogP contribution in [-0.4, -0.2) is 7.05 Å². The SMILES string of the molecule is CNC(C)c1ccc(-c2ccc(C)c(C)c2)cc1Cl. The molecular weight excluding hydrogens is 254 g/mol. The van der Waals surface area contributed by atoms with Gasteiger partial charge in [0.25, 0.3) is 0 Å². The van der Waals surface area contributed by atoms with Crippen LogP contribution in [0.1, 0.15) is 29.7 Å². The zero-order chi connectivity index (χ0) is 14.0. The predicted molar refractivity (Wildman–Crippen MR) is 83.8 cm³/mol. The third-order valence-electron chi connectivity index (χ3n) is 3.74. The zero-order valence-electron chi connectivity index (χ0n) is 11.9. The average molecular weight is 274 g/mol. The number of benzene rings is 2. The summed E-state index contributed by atoms with van der Waals surface area (Å²) >= 11 is 6.38. The van der Waals surface area contributed by atoms with Gasteiger partial charge in [0.1, 0.15) is 0 Å². The minimum Gasteiger partial charge on any atom is -0.313 e. The lowest BCUT2D eigenvalue weighted by atomic mass is 9.98. The van der Waals surface area contributed by atoms with Crippen LogP contribution in [0.3, 0.4) is 0 Å². The van der Waals surface area contributed by atoms with Crippen LogP contribution in [0, 0.1) is 13.8 Å². The van der Waals surface area contributed by atoms with E-state index in [1.54, 1.807) is 0 Å². The number of nitrogens with one attached hydrogen (secondary N) is 1. The third-order valence-corrected chi connectivity index (χ3v) is 4.07. The van der Waals surface area contributed by atoms with E-state index in [-0.39, 0.29) is 6.04 Å². The molecule has 19 heavy (non-hydrogen) atoms. The molecule has 2 rings (SSSR count). The standard InChI is InChI=1S/C17H20ClN/c1-11-5-6-14(9-12(11)2)15-7-8-16(13(3)19-4)17(18)10-15/h5-10,13,19H,1-4H3. The highest BCUT2D eigenvalue weighted by Crippen LogP contribution is 2.29. The molecule has 1 nitrogen and oxygen atoms in total. The third kappa shape index (κ3) is 2.99. The normalized spacial score (nSPS) is 12.5. The van der Waals surface area contributed by atoms with Crippen LogP contribution in [0.5, 0.6) is 0 Å². The molecule has 0 saturated carbocycles. The quantitative estimate of drug-likeness (QED) is 0.838. The lowest BCUT2D eigenvalue weighted by Gasteiger charge is -2.14. The Kier molecular flexibility index (Phi) is 4.28. The first-order valence-corrected chi connectivity index (χ1v) is 6.95. The van der Waals surface area contributed by atoms with Gasteiger partial charge in [0.05, 0.1) is 0 Å². The Morgan fingerprint density at radius 1 is 0.947 bits per heavy atom. The largest absolute Gasteiger partial charge is 0.313 e. The first-order chi connectivity index (χ1) is 9.02. The van der Waals surface area contributed by atoms with E-state index in [9.17, 15) is 0 Å². The Morgan fingerprint density at radius 3 is 2.16 bits per heavy atom. The molecule has 0 aliphatic carbocycles. The second-order valence-electron chi connectivity index (χ2n) is 5.05. The molecule has 0 radical (unpaired) electrons. The summed E-state index contributed by atoms with van der Waals surface area (Å²) in [5.41, 5.74) is 6.14. The molecule has 0 aliphatic rings. The molecule has 0 aromatic heterocycles. The van der Waals surface area contributed by atoms with Crippen molar-refractivity contribution in [2.24, 2.45) is 0 Å². The summed E-state index contributed by atoms with van der Waals surface area (Å²) in [6.07, 6.45) is 0. The van der Waals surface area contributed by atoms with Crippen molar-refractivity contribution in [1.82, 2.24) is 5.32 Å². The van der Waals surface area contributed by atoms with Crippen molar-refractivity contribution >= 4 is 11.6 Å². The van der Waals surface area contributed by atoms with Crippen molar-refractivity contribution in [1.29, 1.82) is 0 Å². The van der Waals surface area contributed by atoms with E-state index in [4.69, 9.17) is 11.6 Å². The highest BCUT2D eigenvalue weighted by molar-refractivity contribution is 6.31. The fraction of sp³-hybridized carbons (Fsp3) is 0.294. The van der Waals surface area contributed by atoms with Crippen molar-refractivity contribution < 1.29 is 0 Å². The van der Waals surface area contributed by atoms with Crippen molar-refractivity contribution in [2.75, 3.05) is 7.05 Å². The van der Waals surface area contributed by atoms with Crippen LogP contribution in [0.25, 0.3) is 11.1 Å². The van der Waals surface area contributed by atoms with Crippen molar-refractivity contribution in [2.45, 2.75) is 26.8 Å². The molecule has 100 valence electrons. The van der Waals surface area contributed by atoms with E-state index in [1.807, 2.05) is 7.05 Å². The van der Waals surface area contributed by atoms with Gasteiger partial charge < -0.3 is 5.32 Å². The number of hydrogen-bond donors (Lipinski definition) is 1. The van der Waals surface area contributed by atoms with Gasteiger partial charge >= 0.3 is 0 Å². The van der Waals surface area contributed by atoms with E-state index >= 15 is 0 Å². The smallest absolute Gasteiger partial charge is 0.0459 e. The highest BCUT2D eigenvalue weighted by Gasteiger charge is 2.09. The molecule has 2 heteroatoms. The minimum absolute atomic E-state index is 0.265. The van der Waals surface area contributed by atoms with E-state index < -0.39 is 0 Å². The van der Waals surface area contributed by atoms with Crippen LogP contribution >= 0.6 is 11.6 Å². The Balaban J connectivity index is 2.41. The highest BCUT2D eigenvalue weighted by atomic mass is 35.5. The summed E-state index contributed by atoms with van der Waals surface area (Å²) < 4.78 is 0. The van der Waals surface area contributed by atoms with Gasteiger partial charge in [0.15, 0.2) is 0 Å². The molecular formula is C17H20ClN. The minimum atomic E-state index is 0.265. The molecule has 0 bridgehead atoms. The summed E-state index contributed by atoms with van der Waals surface area (Å²) in [5.74, 6) is 0. The molecule has 2 aromatic rings. The number of halogens is 1. The summed E-state index contributed by atoms with van der Waals surface area (Å²) in [6.45, 7) is 6.37. The predicted octanol–water partition coefficient (Wildman–Crippen LogP) is 4.90. The molecule has 0 fully saturated rings. The van der Waals surface area contributed by atoms with Gasteiger partial charge in [-0.1, -0.05) is 41.9 Å². The van der Waals surface area contributed by atoms with Crippen molar-refractivity contribution in [3.63, 3.8) is 0 Å². The molecule has 0 amide bonds. The van der Waals surface area contributed by atoms with Crippen LogP contribution < -0.4 is 5.32 Å². The Bertz CT molecular complexity index is 590. The molecule has 0 spiro atoms. The molecule has 0 aliphatic heterocycles. The van der Waals surface area contributed by atoms with Gasteiger partial charge in [-0.3, -0.25) is 0 Å². The van der Waals surface area contributed by atoms with E-state index in [1.165, 1.54) is 22.3 Å². The summed E-state index contributed by atoms with van der Waals surface area (Å²) in [4.78, 5) is 0. The number of aryl methyl sites for hydroxylation is 2. The summed E-state index contributed by atoms with van der Waals surface area (Å²) in [5, 5.41) is 4.03. The lowest BCUT2D eigenvalue weighted by Crippen LogP contribution is -2.12. The number of rotatable bonds is 3. The maximum atomic E-state index is 6.38. The molecule has 1 unspecified atom stereocenters. The summed E-state index contributed by atoms with van der Waals surface area (Å²) in [7, 11) is 1.94. The van der Waals surface area contributed by atoms with Gasteiger partial charge in [-0.05, 0) is 61.7 Å². The van der Waals surface area contributed by atoms with Crippen LogP contribution in [0.15, 0.2) is 36.4 Å². The van der Waals surface area contributed by atoms with E-state index in [0.717, 1.165) is 10.6 Å².